The van der Waals surface area contributed by atoms with E-state index in [0.29, 0.717) is 12.2 Å². The number of hydrogen-bond donors (Lipinski definition) is 0. The molecule has 0 bridgehead atoms. The maximum Gasteiger partial charge on any atom is -1.00 e. The summed E-state index contributed by atoms with van der Waals surface area (Å²) in [7, 11) is -3.75. The normalized spacial score (nSPS) is 25.6. The second-order valence-corrected chi connectivity index (χ2v) is 28.1. The zero-order valence-corrected chi connectivity index (χ0v) is 32.3. The molecule has 0 saturated heterocycles. The molecule has 0 saturated carbocycles. The molecule has 0 aromatic carbocycles. The molecule has 2 unspecified atom stereocenters. The molecular weight excluding hydrogens is 635 g/mol. The van der Waals surface area contributed by atoms with Crippen molar-refractivity contribution in [3.63, 3.8) is 0 Å². The van der Waals surface area contributed by atoms with Crippen LogP contribution in [0.1, 0.15) is 106 Å². The minimum absolute atomic E-state index is 0. The summed E-state index contributed by atoms with van der Waals surface area (Å²) in [5.74, 6) is 0. The molecule has 0 fully saturated rings. The molecule has 218 valence electrons. The van der Waals surface area contributed by atoms with E-state index < -0.39 is 39.9 Å². The van der Waals surface area contributed by atoms with Crippen LogP contribution in [0, 0.1) is 0 Å². The van der Waals surface area contributed by atoms with Gasteiger partial charge in [-0.3, -0.25) is 0 Å². The zero-order chi connectivity index (χ0) is 27.0. The van der Waals surface area contributed by atoms with Gasteiger partial charge in [-0.25, -0.2) is 0 Å². The maximum absolute atomic E-state index is 7.41. The topological polar surface area (TPSA) is 18.5 Å². The van der Waals surface area contributed by atoms with E-state index in [2.05, 4.69) is 67.7 Å². The Morgan fingerprint density at radius 2 is 0.872 bits per heavy atom. The molecule has 0 amide bonds. The van der Waals surface area contributed by atoms with Crippen molar-refractivity contribution >= 4 is 16.6 Å². The van der Waals surface area contributed by atoms with E-state index in [1.54, 1.807) is 33.4 Å². The van der Waals surface area contributed by atoms with E-state index in [1.165, 1.54) is 64.2 Å². The van der Waals surface area contributed by atoms with Crippen LogP contribution in [0.3, 0.4) is 0 Å². The molecule has 4 aliphatic carbocycles. The molecule has 1 heterocycles. The number of rotatable bonds is 4. The third-order valence-electron chi connectivity index (χ3n) is 10.9. The Labute approximate surface area is 266 Å². The first kappa shape index (κ1) is 34.3. The van der Waals surface area contributed by atoms with E-state index >= 15 is 0 Å². The van der Waals surface area contributed by atoms with E-state index in [0.717, 1.165) is 0 Å². The van der Waals surface area contributed by atoms with Gasteiger partial charge in [0.05, 0.1) is 0 Å². The second kappa shape index (κ2) is 12.0. The van der Waals surface area contributed by atoms with Crippen molar-refractivity contribution < 1.29 is 56.9 Å². The van der Waals surface area contributed by atoms with Gasteiger partial charge in [-0.2, -0.15) is 0 Å². The molecule has 0 aromatic heterocycles. The summed E-state index contributed by atoms with van der Waals surface area (Å²) in [4.78, 5) is 0. The average Bonchev–Trinajstić information content (AvgIpc) is 3.14. The molecule has 7 heteroatoms. The summed E-state index contributed by atoms with van der Waals surface area (Å²) < 4.78 is 18.5. The Morgan fingerprint density at radius 3 is 1.21 bits per heavy atom. The number of allylic oxidation sites excluding steroid dienone is 4. The number of halogens is 2. The van der Waals surface area contributed by atoms with Crippen molar-refractivity contribution in [2.24, 2.45) is 0 Å². The first-order chi connectivity index (χ1) is 17.1. The summed E-state index contributed by atoms with van der Waals surface area (Å²) >= 11 is -1.01. The predicted molar refractivity (Wildman–Crippen MR) is 158 cm³/mol. The fourth-order valence-corrected chi connectivity index (χ4v) is 14.2. The third kappa shape index (κ3) is 6.23. The standard InChI is InChI=1S/C32H52O2Si2.2ClH.Zr/c1-31(2,3)35(7,8)33-29-21-23(25-15-11-13-17-27(25)29)19-20-24-22-30(28-18-14-12-16-26(24)28)34-36(9,10)32(4,5)6;;;/h29-30H,11-20H2,1-10H3;2*1H;/q;;;+2/p-2. The smallest absolute Gasteiger partial charge is 1.00 e. The van der Waals surface area contributed by atoms with E-state index in [9.17, 15) is 0 Å². The van der Waals surface area contributed by atoms with Gasteiger partial charge in [-0.15, -0.1) is 0 Å². The zero-order valence-electron chi connectivity index (χ0n) is 26.3. The summed E-state index contributed by atoms with van der Waals surface area (Å²) in [5, 5.41) is 0.488. The molecule has 2 atom stereocenters. The van der Waals surface area contributed by atoms with Crippen LogP contribution >= 0.6 is 0 Å². The largest absolute Gasteiger partial charge is 1.00 e. The van der Waals surface area contributed by atoms with Gasteiger partial charge in [0.2, 0.25) is 0 Å². The molecular formula is C32H52Cl2O2Si2Zr. The average molecular weight is 687 g/mol. The van der Waals surface area contributed by atoms with Crippen LogP contribution in [0.2, 0.25) is 36.3 Å². The van der Waals surface area contributed by atoms with Gasteiger partial charge in [-0.1, -0.05) is 0 Å². The molecule has 39 heavy (non-hydrogen) atoms. The molecule has 0 radical (unpaired) electrons. The summed E-state index contributed by atoms with van der Waals surface area (Å²) in [6.45, 7) is 24.3. The van der Waals surface area contributed by atoms with Gasteiger partial charge >= 0.3 is 243 Å². The van der Waals surface area contributed by atoms with Gasteiger partial charge in [-0.05, 0) is 0 Å². The van der Waals surface area contributed by atoms with Crippen molar-refractivity contribution in [3.05, 3.63) is 40.0 Å². The van der Waals surface area contributed by atoms with Crippen LogP contribution in [0.25, 0.3) is 0 Å². The Morgan fingerprint density at radius 1 is 0.538 bits per heavy atom. The van der Waals surface area contributed by atoms with Gasteiger partial charge in [0, 0.05) is 0 Å². The second-order valence-electron chi connectivity index (χ2n) is 15.3. The molecule has 0 aromatic rings. The Kier molecular flexibility index (Phi) is 10.6. The van der Waals surface area contributed by atoms with Crippen LogP contribution in [0.5, 0.6) is 0 Å². The SMILES string of the molecule is CC(C)(C)[Si](C)(C)OC1C2=C(CCCC2)C2=[C]1[Zr+2][C]1=C(CC2)C2=C(CCCC2)C1O[Si](C)(C)C(C)(C)C.[Cl-].[Cl-]. The van der Waals surface area contributed by atoms with Gasteiger partial charge in [0.15, 0.2) is 0 Å². The van der Waals surface area contributed by atoms with Gasteiger partial charge in [0.1, 0.15) is 0 Å². The van der Waals surface area contributed by atoms with Crippen LogP contribution in [0.4, 0.5) is 0 Å². The molecule has 0 N–H and O–H groups in total. The van der Waals surface area contributed by atoms with Crippen LogP contribution in [-0.2, 0) is 32.1 Å². The Bertz CT molecular complexity index is 1020. The van der Waals surface area contributed by atoms with Crippen LogP contribution in [-0.4, -0.2) is 28.8 Å². The molecule has 5 aliphatic rings. The summed E-state index contributed by atoms with van der Waals surface area (Å²) in [6, 6.07) is 0. The van der Waals surface area contributed by atoms with Crippen molar-refractivity contribution in [2.75, 3.05) is 0 Å². The molecule has 2 nitrogen and oxygen atoms in total. The van der Waals surface area contributed by atoms with Crippen molar-refractivity contribution in [1.29, 1.82) is 0 Å². The van der Waals surface area contributed by atoms with Gasteiger partial charge < -0.3 is 24.8 Å². The molecule has 1 aliphatic heterocycles. The van der Waals surface area contributed by atoms with E-state index in [1.807, 2.05) is 6.56 Å². The first-order valence-corrected chi connectivity index (χ1v) is 23.4. The third-order valence-corrected chi connectivity index (χ3v) is 23.9. The maximum atomic E-state index is 7.41. The van der Waals surface area contributed by atoms with Crippen molar-refractivity contribution in [3.8, 4) is 0 Å². The van der Waals surface area contributed by atoms with Crippen LogP contribution < -0.4 is 24.8 Å². The van der Waals surface area contributed by atoms with Crippen molar-refractivity contribution in [2.45, 2.75) is 154 Å². The minimum atomic E-state index is -1.88. The van der Waals surface area contributed by atoms with Gasteiger partial charge in [0.25, 0.3) is 0 Å². The fraction of sp³-hybridized carbons (Fsp3) is 0.750. The molecule has 5 rings (SSSR count). The number of fused-ring (bicyclic) bond motifs is 2. The van der Waals surface area contributed by atoms with Crippen molar-refractivity contribution in [1.82, 2.24) is 0 Å². The number of hydrogen-bond acceptors (Lipinski definition) is 2. The first-order valence-electron chi connectivity index (χ1n) is 15.2. The fourth-order valence-electron chi connectivity index (χ4n) is 6.57. The Balaban J connectivity index is 0.00000210. The van der Waals surface area contributed by atoms with Crippen LogP contribution in [0.15, 0.2) is 40.0 Å². The monoisotopic (exact) mass is 684 g/mol. The Hall–Kier alpha value is 0.777. The minimum Gasteiger partial charge on any atom is -1.00 e. The molecule has 0 spiro atoms. The predicted octanol–water partition coefficient (Wildman–Crippen LogP) is 3.93. The van der Waals surface area contributed by atoms with E-state index in [4.69, 9.17) is 8.85 Å². The summed E-state index contributed by atoms with van der Waals surface area (Å²) in [6.07, 6.45) is 13.7. The van der Waals surface area contributed by atoms with E-state index in [-0.39, 0.29) is 34.9 Å². The quantitative estimate of drug-likeness (QED) is 0.418. The summed E-state index contributed by atoms with van der Waals surface area (Å²) in [5.41, 5.74) is 10.5.